The molecule has 0 bridgehead atoms. The number of hydrogen-bond acceptors (Lipinski definition) is 4. The first-order valence-electron chi connectivity index (χ1n) is 13.1. The second kappa shape index (κ2) is 14.6. The van der Waals surface area contributed by atoms with Crippen LogP contribution in [0.25, 0.3) is 24.3 Å². The van der Waals surface area contributed by atoms with Crippen LogP contribution in [-0.4, -0.2) is 43.1 Å². The molecular weight excluding hydrogens is 448 g/mol. The Balaban J connectivity index is 0.00000222. The largest absolute Gasteiger partial charge is 0.461 e. The smallest absolute Gasteiger partial charge is 0.255 e. The highest BCUT2D eigenvalue weighted by molar-refractivity contribution is 5.95. The number of furan rings is 1. The van der Waals surface area contributed by atoms with E-state index in [0.29, 0.717) is 23.3 Å². The molecule has 1 aliphatic heterocycles. The van der Waals surface area contributed by atoms with Crippen molar-refractivity contribution in [2.75, 3.05) is 20.1 Å². The van der Waals surface area contributed by atoms with Gasteiger partial charge in [0.2, 0.25) is 0 Å². The number of likely N-dealkylation sites (tertiary alicyclic amines) is 1. The Bertz CT molecular complexity index is 1150. The van der Waals surface area contributed by atoms with Crippen LogP contribution in [0.15, 0.2) is 35.3 Å². The standard InChI is InChI=1S/C29H38N2O3.C2H6/c1-7-10-24-18-22(11-12-23(24)8-2)19-33-20(4)17-26-27(9-3)34-21(5)28(26)29(32)30-25-13-15-31(6)16-14-25;1-2/h7-12,17-18,20,25H,2,13-16,19H2,1,3-6H3,(H,30,32);1-2H3/b10-7-,26-17+,27-9+;. The lowest BCUT2D eigenvalue weighted by atomic mass is 10.0. The van der Waals surface area contributed by atoms with E-state index in [1.807, 2.05) is 65.8 Å². The average molecular weight is 493 g/mol. The van der Waals surface area contributed by atoms with E-state index in [4.69, 9.17) is 9.15 Å². The first kappa shape index (κ1) is 29.3. The zero-order valence-corrected chi connectivity index (χ0v) is 23.2. The summed E-state index contributed by atoms with van der Waals surface area (Å²) in [5.74, 6) is 0.561. The van der Waals surface area contributed by atoms with E-state index in [1.165, 1.54) is 0 Å². The highest BCUT2D eigenvalue weighted by atomic mass is 16.5. The van der Waals surface area contributed by atoms with Crippen molar-refractivity contribution >= 4 is 30.2 Å². The molecule has 196 valence electrons. The minimum absolute atomic E-state index is 0.0710. The number of aryl methyl sites for hydroxylation is 1. The summed E-state index contributed by atoms with van der Waals surface area (Å²) in [7, 11) is 2.12. The molecule has 0 spiro atoms. The van der Waals surface area contributed by atoms with Gasteiger partial charge in [-0.25, -0.2) is 0 Å². The van der Waals surface area contributed by atoms with Gasteiger partial charge in [-0.05, 0) is 95.6 Å². The maximum atomic E-state index is 13.2. The maximum absolute atomic E-state index is 13.2. The molecule has 2 heterocycles. The van der Waals surface area contributed by atoms with Crippen LogP contribution >= 0.6 is 0 Å². The Labute approximate surface area is 217 Å². The number of nitrogens with zero attached hydrogens (tertiary/aromatic N) is 1. The van der Waals surface area contributed by atoms with Crippen LogP contribution in [0, 0.1) is 6.92 Å². The first-order chi connectivity index (χ1) is 17.4. The summed E-state index contributed by atoms with van der Waals surface area (Å²) < 4.78 is 12.1. The van der Waals surface area contributed by atoms with Gasteiger partial charge in [0.15, 0.2) is 0 Å². The fourth-order valence-electron chi connectivity index (χ4n) is 4.39. The minimum atomic E-state index is -0.199. The number of benzene rings is 1. The van der Waals surface area contributed by atoms with Crippen molar-refractivity contribution in [3.05, 3.63) is 69.5 Å². The second-order valence-electron chi connectivity index (χ2n) is 9.00. The number of ether oxygens (including phenoxy) is 1. The molecule has 5 nitrogen and oxygen atoms in total. The molecule has 0 radical (unpaired) electrons. The van der Waals surface area contributed by atoms with Gasteiger partial charge in [0, 0.05) is 11.3 Å². The van der Waals surface area contributed by atoms with Gasteiger partial charge in [-0.1, -0.05) is 50.8 Å². The van der Waals surface area contributed by atoms with Crippen LogP contribution in [0.5, 0.6) is 0 Å². The highest BCUT2D eigenvalue weighted by Gasteiger charge is 2.22. The molecule has 0 saturated carbocycles. The van der Waals surface area contributed by atoms with Gasteiger partial charge >= 0.3 is 0 Å². The van der Waals surface area contributed by atoms with Crippen LogP contribution in [0.1, 0.15) is 80.3 Å². The molecule has 1 aromatic carbocycles. The Morgan fingerprint density at radius 1 is 1.25 bits per heavy atom. The minimum Gasteiger partial charge on any atom is -0.461 e. The number of carbonyl (C=O) groups is 1. The third-order valence-electron chi connectivity index (χ3n) is 6.32. The molecule has 2 aromatic rings. The predicted octanol–water partition coefficient (Wildman–Crippen LogP) is 5.30. The van der Waals surface area contributed by atoms with Crippen molar-refractivity contribution in [3.63, 3.8) is 0 Å². The fraction of sp³-hybridized carbons (Fsp3) is 0.452. The average Bonchev–Trinajstić information content (AvgIpc) is 3.20. The highest BCUT2D eigenvalue weighted by Crippen LogP contribution is 2.17. The lowest BCUT2D eigenvalue weighted by molar-refractivity contribution is 0.0911. The molecular formula is C31H44N2O3. The van der Waals surface area contributed by atoms with Crippen LogP contribution in [-0.2, 0) is 11.3 Å². The zero-order chi connectivity index (χ0) is 26.7. The van der Waals surface area contributed by atoms with Gasteiger partial charge in [0.25, 0.3) is 5.91 Å². The van der Waals surface area contributed by atoms with Gasteiger partial charge < -0.3 is 19.4 Å². The number of carbonyl (C=O) groups excluding carboxylic acids is 1. The monoisotopic (exact) mass is 492 g/mol. The van der Waals surface area contributed by atoms with E-state index in [1.54, 1.807) is 0 Å². The van der Waals surface area contributed by atoms with E-state index in [0.717, 1.165) is 47.8 Å². The van der Waals surface area contributed by atoms with E-state index >= 15 is 0 Å². The third kappa shape index (κ3) is 7.81. The molecule has 1 amide bonds. The summed E-state index contributed by atoms with van der Waals surface area (Å²) in [6.07, 6.45) is 11.6. The van der Waals surface area contributed by atoms with Gasteiger partial charge in [-0.15, -0.1) is 0 Å². The van der Waals surface area contributed by atoms with E-state index < -0.39 is 0 Å². The van der Waals surface area contributed by atoms with Crippen molar-refractivity contribution in [2.24, 2.45) is 0 Å². The molecule has 36 heavy (non-hydrogen) atoms. The van der Waals surface area contributed by atoms with Gasteiger partial charge in [0.1, 0.15) is 11.2 Å². The number of rotatable bonds is 8. The lowest BCUT2D eigenvalue weighted by Gasteiger charge is -2.29. The molecule has 1 saturated heterocycles. The summed E-state index contributed by atoms with van der Waals surface area (Å²) in [4.78, 5) is 15.5. The van der Waals surface area contributed by atoms with Crippen molar-refractivity contribution in [2.45, 2.75) is 73.1 Å². The summed E-state index contributed by atoms with van der Waals surface area (Å²) >= 11 is 0. The number of hydrogen-bond donors (Lipinski definition) is 1. The zero-order valence-electron chi connectivity index (χ0n) is 23.2. The number of nitrogens with one attached hydrogen (secondary N) is 1. The van der Waals surface area contributed by atoms with Gasteiger partial charge in [-0.3, -0.25) is 4.79 Å². The topological polar surface area (TPSA) is 54.7 Å². The lowest BCUT2D eigenvalue weighted by Crippen LogP contribution is -2.45. The Hall–Kier alpha value is -2.89. The fourth-order valence-corrected chi connectivity index (χ4v) is 4.39. The molecule has 1 atom stereocenters. The van der Waals surface area contributed by atoms with Crippen molar-refractivity contribution in [3.8, 4) is 0 Å². The van der Waals surface area contributed by atoms with E-state index in [2.05, 4.69) is 48.1 Å². The van der Waals surface area contributed by atoms with Crippen LogP contribution < -0.4 is 16.0 Å². The van der Waals surface area contributed by atoms with Crippen molar-refractivity contribution < 1.29 is 13.9 Å². The number of allylic oxidation sites excluding steroid dienone is 1. The molecule has 5 heteroatoms. The molecule has 1 aromatic heterocycles. The number of amides is 1. The van der Waals surface area contributed by atoms with Crippen molar-refractivity contribution in [1.29, 1.82) is 0 Å². The normalized spacial score (nSPS) is 16.6. The second-order valence-corrected chi connectivity index (χ2v) is 9.00. The Morgan fingerprint density at radius 3 is 2.56 bits per heavy atom. The molecule has 1 fully saturated rings. The van der Waals surface area contributed by atoms with E-state index in [-0.39, 0.29) is 18.1 Å². The van der Waals surface area contributed by atoms with Gasteiger partial charge in [0.05, 0.1) is 18.3 Å². The van der Waals surface area contributed by atoms with Crippen LogP contribution in [0.3, 0.4) is 0 Å². The van der Waals surface area contributed by atoms with Crippen molar-refractivity contribution in [1.82, 2.24) is 10.2 Å². The molecule has 1 unspecified atom stereocenters. The predicted molar refractivity (Wildman–Crippen MR) is 152 cm³/mol. The Kier molecular flexibility index (Phi) is 11.9. The molecule has 1 aliphatic rings. The summed E-state index contributed by atoms with van der Waals surface area (Å²) in [5, 5.41) is 4.02. The Morgan fingerprint density at radius 2 is 1.94 bits per heavy atom. The molecule has 1 N–H and O–H groups in total. The van der Waals surface area contributed by atoms with Crippen LogP contribution in [0.4, 0.5) is 0 Å². The SMILES string of the molecule is C=Cc1ccc(COC(C)/C=c2/c(C(=O)NC3CCN(C)CC3)c(C)o/c2=C/C)cc1/C=C\C.CC. The molecule has 0 aliphatic carbocycles. The summed E-state index contributed by atoms with van der Waals surface area (Å²) in [6.45, 7) is 18.1. The molecule has 3 rings (SSSR count). The van der Waals surface area contributed by atoms with Crippen LogP contribution in [0.2, 0.25) is 0 Å². The third-order valence-corrected chi connectivity index (χ3v) is 6.32. The summed E-state index contributed by atoms with van der Waals surface area (Å²) in [6, 6.07) is 6.44. The van der Waals surface area contributed by atoms with E-state index in [9.17, 15) is 4.79 Å². The quantitative estimate of drug-likeness (QED) is 0.543. The van der Waals surface area contributed by atoms with Gasteiger partial charge in [-0.2, -0.15) is 0 Å². The summed E-state index contributed by atoms with van der Waals surface area (Å²) in [5.41, 5.74) is 4.61. The first-order valence-corrected chi connectivity index (χ1v) is 13.1. The number of piperidine rings is 1. The maximum Gasteiger partial charge on any atom is 0.255 e.